The molecule has 12 rings (SSSR count). The molecule has 8 aliphatic carbocycles. The summed E-state index contributed by atoms with van der Waals surface area (Å²) >= 11 is 9.53. The van der Waals surface area contributed by atoms with E-state index in [2.05, 4.69) is 217 Å². The van der Waals surface area contributed by atoms with Crippen molar-refractivity contribution in [3.63, 3.8) is 0 Å². The number of benzene rings is 4. The van der Waals surface area contributed by atoms with Crippen LogP contribution < -0.4 is 18.9 Å². The summed E-state index contributed by atoms with van der Waals surface area (Å²) in [5.74, 6) is 8.59. The Hall–Kier alpha value is -4.16. The first kappa shape index (κ1) is 84.1. The second kappa shape index (κ2) is 33.7. The second-order valence-corrected chi connectivity index (χ2v) is 38.4. The van der Waals surface area contributed by atoms with Crippen molar-refractivity contribution in [3.05, 3.63) is 152 Å². The van der Waals surface area contributed by atoms with Crippen LogP contribution >= 0.6 is 23.2 Å². The van der Waals surface area contributed by atoms with E-state index in [1.165, 1.54) is 159 Å². The molecule has 0 spiro atoms. The minimum Gasteiger partial charge on any atom is -0.497 e. The molecule has 0 radical (unpaired) electrons. The monoisotopic (exact) mass is 1420 g/mol. The van der Waals surface area contributed by atoms with Crippen LogP contribution in [0.25, 0.3) is 0 Å². The highest BCUT2D eigenvalue weighted by atomic mass is 35.5. The molecule has 0 bridgehead atoms. The zero-order valence-electron chi connectivity index (χ0n) is 67.6. The molecular weight excluding hydrogens is 1280 g/mol. The summed E-state index contributed by atoms with van der Waals surface area (Å²) in [5.41, 5.74) is 19.7. The van der Waals surface area contributed by atoms with Gasteiger partial charge in [0.1, 0.15) is 23.0 Å². The van der Waals surface area contributed by atoms with Crippen molar-refractivity contribution < 1.29 is 24.1 Å². The Morgan fingerprint density at radius 2 is 0.792 bits per heavy atom. The van der Waals surface area contributed by atoms with Gasteiger partial charge in [0.2, 0.25) is 0 Å². The highest BCUT2D eigenvalue weighted by molar-refractivity contribution is 6.40. The Bertz CT molecular complexity index is 3470. The molecule has 7 heteroatoms. The van der Waals surface area contributed by atoms with Crippen LogP contribution in [0.5, 0.6) is 23.0 Å². The Morgan fingerprint density at radius 1 is 0.426 bits per heavy atom. The van der Waals surface area contributed by atoms with Gasteiger partial charge in [-0.2, -0.15) is 0 Å². The lowest BCUT2D eigenvalue weighted by molar-refractivity contribution is -0.166. The van der Waals surface area contributed by atoms with E-state index in [-0.39, 0.29) is 18.2 Å². The van der Waals surface area contributed by atoms with Gasteiger partial charge in [0.05, 0.1) is 39.4 Å². The molecule has 4 aromatic carbocycles. The van der Waals surface area contributed by atoms with E-state index < -0.39 is 5.60 Å². The first-order chi connectivity index (χ1) is 46.8. The summed E-state index contributed by atoms with van der Waals surface area (Å²) in [5, 5.41) is 11.5. The Kier molecular flexibility index (Phi) is 28.1. The summed E-state index contributed by atoms with van der Waals surface area (Å²) in [7, 11) is 7.03. The van der Waals surface area contributed by atoms with Gasteiger partial charge in [-0.1, -0.05) is 175 Å². The zero-order chi connectivity index (χ0) is 73.8. The topological polar surface area (TPSA) is 57.2 Å². The number of fused-ring (bicyclic) bond motifs is 4. The molecule has 6 saturated carbocycles. The van der Waals surface area contributed by atoms with Gasteiger partial charge >= 0.3 is 0 Å². The molecule has 4 aromatic rings. The van der Waals surface area contributed by atoms with Gasteiger partial charge in [-0.15, -0.1) is 23.2 Å². The SMILES string of the molecule is C.C=C1CC[C@H]2C(C)(C)CCC[C@]2(C)[C@H]1Cc1cc(C)cc(OC)c1.COc1cc(C)cc(CC2=C(C)CC[C@H]3C(C)(C)CCC[C@]23C)c1.COc1cc(C)cc(C[C@@H]2[C@@]3(C)CCCC(C)(C)[C@@H]3CC[C@@]2(C)O)c1.COc1cc(C)cc(C[C@H]2C(C)=CC[C@H]3C(C)(C)CCC[C@]23C)c1.ClCCl. The number of alkyl halides is 2. The van der Waals surface area contributed by atoms with Crippen molar-refractivity contribution in [2.24, 2.45) is 84.7 Å². The van der Waals surface area contributed by atoms with Gasteiger partial charge in [-0.3, -0.25) is 0 Å². The van der Waals surface area contributed by atoms with E-state index in [4.69, 9.17) is 42.1 Å². The summed E-state index contributed by atoms with van der Waals surface area (Å²) in [6, 6.07) is 26.6. The number of aryl methyl sites for hydroxylation is 4. The summed E-state index contributed by atoms with van der Waals surface area (Å²) in [6.07, 6.45) is 31.5. The highest BCUT2D eigenvalue weighted by Gasteiger charge is 2.59. The third-order valence-corrected chi connectivity index (χ3v) is 28.7. The lowest BCUT2D eigenvalue weighted by Crippen LogP contribution is -2.58. The molecule has 8 aliphatic rings. The number of aliphatic hydroxyl groups is 1. The van der Waals surface area contributed by atoms with Crippen molar-refractivity contribution >= 4 is 23.2 Å². The minimum atomic E-state index is -0.588. The number of halogens is 2. The Balaban J connectivity index is 0.000000186. The molecule has 6 fully saturated rings. The smallest absolute Gasteiger partial charge is 0.119 e. The predicted octanol–water partition coefficient (Wildman–Crippen LogP) is 26.8. The lowest BCUT2D eigenvalue weighted by Gasteiger charge is -2.61. The van der Waals surface area contributed by atoms with Crippen molar-refractivity contribution in [2.75, 3.05) is 33.8 Å². The first-order valence-corrected chi connectivity index (χ1v) is 40.3. The molecule has 12 atom stereocenters. The van der Waals surface area contributed by atoms with Gasteiger partial charge in [0, 0.05) is 0 Å². The van der Waals surface area contributed by atoms with Gasteiger partial charge in [-0.05, 0) is 348 Å². The molecule has 101 heavy (non-hydrogen) atoms. The standard InChI is InChI=1S/C23H36O2.3C23H34O.CH2Cl2.CH4/c1-16-12-17(14-18(13-16)25-6)15-20-22(4)10-7-9-21(2,3)19(22)8-11-23(20,5)24;3*1-16-12-18(14-19(13-16)24-6)15-20-17(2)8-9-21-22(3,4)10-7-11-23(20,21)5;2-1-3;/h12-14,19-20,24H,7-11,15H2,1-6H3;12-14,21H,7-11,15H2,1-6H3;8,12-14,20-21H,7,9-11,15H2,1-6H3;12-14,20-21H,2,7-11,15H2,1,3-6H3;1H2;1H4/t19-,20+,22-,23+;21-,23+;2*20-,21-,23+;;/m0000../s1. The average molecular weight is 1430 g/mol. The van der Waals surface area contributed by atoms with E-state index in [0.717, 1.165) is 79.3 Å². The summed E-state index contributed by atoms with van der Waals surface area (Å²) < 4.78 is 22.0. The molecule has 0 aliphatic heterocycles. The number of hydrogen-bond donors (Lipinski definition) is 1. The third kappa shape index (κ3) is 19.0. The van der Waals surface area contributed by atoms with Gasteiger partial charge in [0.15, 0.2) is 0 Å². The number of hydrogen-bond acceptors (Lipinski definition) is 5. The van der Waals surface area contributed by atoms with Crippen LogP contribution in [-0.2, 0) is 25.7 Å². The second-order valence-electron chi connectivity index (χ2n) is 37.6. The maximum atomic E-state index is 11.3. The third-order valence-electron chi connectivity index (χ3n) is 28.7. The number of allylic oxidation sites excluding steroid dienone is 5. The van der Waals surface area contributed by atoms with E-state index in [9.17, 15) is 5.11 Å². The van der Waals surface area contributed by atoms with Crippen LogP contribution in [0.15, 0.2) is 108 Å². The first-order valence-electron chi connectivity index (χ1n) is 39.2. The van der Waals surface area contributed by atoms with Gasteiger partial charge in [-0.25, -0.2) is 0 Å². The quantitative estimate of drug-likeness (QED) is 0.113. The normalized spacial score (nSPS) is 31.7. The number of methoxy groups -OCH3 is 4. The van der Waals surface area contributed by atoms with E-state index in [1.54, 1.807) is 45.2 Å². The van der Waals surface area contributed by atoms with Crippen LogP contribution in [-0.4, -0.2) is 44.5 Å². The van der Waals surface area contributed by atoms with Crippen molar-refractivity contribution in [3.8, 4) is 23.0 Å². The fraction of sp³-hybridized carbons (Fsp3) is 0.681. The molecule has 5 nitrogen and oxygen atoms in total. The number of rotatable bonds is 12. The van der Waals surface area contributed by atoms with Crippen molar-refractivity contribution in [1.29, 1.82) is 0 Å². The van der Waals surface area contributed by atoms with E-state index in [0.29, 0.717) is 61.6 Å². The molecule has 564 valence electrons. The van der Waals surface area contributed by atoms with Crippen LogP contribution in [0.1, 0.15) is 278 Å². The molecular formula is C94H144Cl2O5. The summed E-state index contributed by atoms with van der Waals surface area (Å²) in [4.78, 5) is 0. The highest BCUT2D eigenvalue weighted by Crippen LogP contribution is 2.65. The number of ether oxygens (including phenoxy) is 4. The maximum absolute atomic E-state index is 11.3. The van der Waals surface area contributed by atoms with Crippen LogP contribution in [0.2, 0.25) is 0 Å². The van der Waals surface area contributed by atoms with E-state index >= 15 is 0 Å². The molecule has 0 unspecified atom stereocenters. The van der Waals surface area contributed by atoms with Gasteiger partial charge in [0.25, 0.3) is 0 Å². The van der Waals surface area contributed by atoms with Gasteiger partial charge < -0.3 is 24.1 Å². The largest absolute Gasteiger partial charge is 0.497 e. The van der Waals surface area contributed by atoms with Crippen molar-refractivity contribution in [1.82, 2.24) is 0 Å². The summed E-state index contributed by atoms with van der Waals surface area (Å²) in [6.45, 7) is 50.0. The lowest BCUT2D eigenvalue weighted by atomic mass is 9.45. The molecule has 0 amide bonds. The fourth-order valence-electron chi connectivity index (χ4n) is 23.9. The molecule has 0 saturated heterocycles. The van der Waals surface area contributed by atoms with Crippen molar-refractivity contribution in [2.45, 2.75) is 292 Å². The average Bonchev–Trinajstić information content (AvgIpc) is 0.747. The fourth-order valence-corrected chi connectivity index (χ4v) is 23.9. The Morgan fingerprint density at radius 3 is 1.26 bits per heavy atom. The predicted molar refractivity (Wildman–Crippen MR) is 435 cm³/mol. The minimum absolute atomic E-state index is 0. The Labute approximate surface area is 629 Å². The molecule has 0 aromatic heterocycles. The molecule has 1 N–H and O–H groups in total. The molecule has 0 heterocycles. The van der Waals surface area contributed by atoms with E-state index in [1.807, 2.05) is 0 Å². The van der Waals surface area contributed by atoms with Crippen LogP contribution in [0.4, 0.5) is 0 Å². The van der Waals surface area contributed by atoms with Crippen LogP contribution in [0, 0.1) is 112 Å². The van der Waals surface area contributed by atoms with Crippen LogP contribution in [0.3, 0.4) is 0 Å². The zero-order valence-corrected chi connectivity index (χ0v) is 69.1. The maximum Gasteiger partial charge on any atom is 0.119 e.